The lowest BCUT2D eigenvalue weighted by molar-refractivity contribution is -0.136. The number of carboxylic acids is 1. The zero-order valence-corrected chi connectivity index (χ0v) is 14.8. The molecule has 3 N–H and O–H groups in total. The first-order valence-electron chi connectivity index (χ1n) is 7.52. The van der Waals surface area contributed by atoms with E-state index in [-0.39, 0.29) is 17.9 Å². The maximum Gasteiger partial charge on any atom is 0.303 e. The minimum Gasteiger partial charge on any atom is -0.481 e. The summed E-state index contributed by atoms with van der Waals surface area (Å²) in [5, 5.41) is 19.2. The molecule has 0 saturated heterocycles. The number of hydrogen-bond donors (Lipinski definition) is 3. The predicted molar refractivity (Wildman–Crippen MR) is 94.0 cm³/mol. The van der Waals surface area contributed by atoms with Crippen LogP contribution in [0.15, 0.2) is 53.4 Å². The largest absolute Gasteiger partial charge is 0.481 e. The topological polar surface area (TPSA) is 104 Å². The van der Waals surface area contributed by atoms with Crippen molar-refractivity contribution >= 4 is 27.6 Å². The van der Waals surface area contributed by atoms with Crippen LogP contribution >= 0.6 is 11.6 Å². The Bertz CT molecular complexity index is 819. The first-order chi connectivity index (χ1) is 11.8. The molecule has 8 heteroatoms. The molecule has 0 aliphatic heterocycles. The molecule has 0 spiro atoms. The summed E-state index contributed by atoms with van der Waals surface area (Å²) in [7, 11) is -3.74. The molecule has 0 amide bonds. The second kappa shape index (κ2) is 8.44. The lowest BCUT2D eigenvalue weighted by atomic mass is 10.0. The van der Waals surface area contributed by atoms with Gasteiger partial charge in [-0.05, 0) is 41.8 Å². The van der Waals surface area contributed by atoms with Gasteiger partial charge in [0.15, 0.2) is 0 Å². The predicted octanol–water partition coefficient (Wildman–Crippen LogP) is 2.37. The van der Waals surface area contributed by atoms with Crippen molar-refractivity contribution in [3.8, 4) is 0 Å². The van der Waals surface area contributed by atoms with Gasteiger partial charge in [-0.3, -0.25) is 4.79 Å². The standard InChI is InChI=1S/C17H18ClNO5S/c18-14-6-8-15(9-7-14)25(23,24)19-11-16(20)13-4-1-12(2-5-13)3-10-17(21)22/h1-2,4-9,16,19-20H,3,10-11H2,(H,21,22). The number of aliphatic hydroxyl groups excluding tert-OH is 1. The van der Waals surface area contributed by atoms with Crippen LogP contribution in [0.1, 0.15) is 23.7 Å². The first-order valence-corrected chi connectivity index (χ1v) is 9.38. The third kappa shape index (κ3) is 5.82. The van der Waals surface area contributed by atoms with Crippen molar-refractivity contribution < 1.29 is 23.4 Å². The van der Waals surface area contributed by atoms with Crippen molar-refractivity contribution in [1.82, 2.24) is 4.72 Å². The molecule has 134 valence electrons. The van der Waals surface area contributed by atoms with Crippen LogP contribution in [0, 0.1) is 0 Å². The Kier molecular flexibility index (Phi) is 6.55. The van der Waals surface area contributed by atoms with Gasteiger partial charge >= 0.3 is 5.97 Å². The van der Waals surface area contributed by atoms with Crippen molar-refractivity contribution in [2.75, 3.05) is 6.54 Å². The van der Waals surface area contributed by atoms with Crippen LogP contribution in [-0.2, 0) is 21.2 Å². The number of aryl methyl sites for hydroxylation is 1. The fraction of sp³-hybridized carbons (Fsp3) is 0.235. The summed E-state index contributed by atoms with van der Waals surface area (Å²) >= 11 is 5.73. The monoisotopic (exact) mass is 383 g/mol. The Balaban J connectivity index is 1.96. The average molecular weight is 384 g/mol. The highest BCUT2D eigenvalue weighted by atomic mass is 35.5. The lowest BCUT2D eigenvalue weighted by Crippen LogP contribution is -2.28. The number of halogens is 1. The van der Waals surface area contributed by atoms with Gasteiger partial charge in [-0.2, -0.15) is 0 Å². The second-order valence-electron chi connectivity index (χ2n) is 5.46. The van der Waals surface area contributed by atoms with E-state index in [2.05, 4.69) is 4.72 Å². The zero-order chi connectivity index (χ0) is 18.4. The first kappa shape index (κ1) is 19.4. The maximum absolute atomic E-state index is 12.2. The van der Waals surface area contributed by atoms with Crippen molar-refractivity contribution in [1.29, 1.82) is 0 Å². The van der Waals surface area contributed by atoms with Gasteiger partial charge in [-0.1, -0.05) is 35.9 Å². The van der Waals surface area contributed by atoms with Gasteiger partial charge in [0.05, 0.1) is 11.0 Å². The minimum absolute atomic E-state index is 0.0305. The number of aliphatic carboxylic acids is 1. The third-order valence-electron chi connectivity index (χ3n) is 3.58. The molecule has 1 unspecified atom stereocenters. The zero-order valence-electron chi connectivity index (χ0n) is 13.2. The Hall–Kier alpha value is -1.93. The molecule has 2 aromatic carbocycles. The molecule has 0 fully saturated rings. The van der Waals surface area contributed by atoms with Crippen LogP contribution in [0.2, 0.25) is 5.02 Å². The fourth-order valence-electron chi connectivity index (χ4n) is 2.16. The average Bonchev–Trinajstić information content (AvgIpc) is 2.59. The van der Waals surface area contributed by atoms with Crippen LogP contribution in [0.4, 0.5) is 0 Å². The number of carbonyl (C=O) groups is 1. The highest BCUT2D eigenvalue weighted by Gasteiger charge is 2.16. The molecule has 0 aromatic heterocycles. The van der Waals surface area contributed by atoms with E-state index < -0.39 is 22.1 Å². The number of hydrogen-bond acceptors (Lipinski definition) is 4. The normalized spacial score (nSPS) is 12.7. The van der Waals surface area contributed by atoms with E-state index in [1.165, 1.54) is 24.3 Å². The molecule has 0 aliphatic carbocycles. The quantitative estimate of drug-likeness (QED) is 0.649. The molecule has 0 aliphatic rings. The van der Waals surface area contributed by atoms with Crippen LogP contribution in [0.25, 0.3) is 0 Å². The molecule has 2 rings (SSSR count). The number of benzene rings is 2. The SMILES string of the molecule is O=C(O)CCc1ccc(C(O)CNS(=O)(=O)c2ccc(Cl)cc2)cc1. The summed E-state index contributed by atoms with van der Waals surface area (Å²) in [4.78, 5) is 10.6. The number of sulfonamides is 1. The number of nitrogens with one attached hydrogen (secondary N) is 1. The lowest BCUT2D eigenvalue weighted by Gasteiger charge is -2.13. The molecule has 0 heterocycles. The fourth-order valence-corrected chi connectivity index (χ4v) is 3.33. The summed E-state index contributed by atoms with van der Waals surface area (Å²) in [6.07, 6.45) is -0.590. The van der Waals surface area contributed by atoms with E-state index >= 15 is 0 Å². The van der Waals surface area contributed by atoms with E-state index in [1.54, 1.807) is 24.3 Å². The number of carboxylic acid groups (broad SMARTS) is 1. The van der Waals surface area contributed by atoms with E-state index in [0.717, 1.165) is 5.56 Å². The van der Waals surface area contributed by atoms with Crippen LogP contribution in [0.3, 0.4) is 0 Å². The van der Waals surface area contributed by atoms with Gasteiger partial charge in [0.2, 0.25) is 10.0 Å². The molecule has 25 heavy (non-hydrogen) atoms. The molecule has 2 aromatic rings. The smallest absolute Gasteiger partial charge is 0.303 e. The molecule has 0 bridgehead atoms. The minimum atomic E-state index is -3.74. The maximum atomic E-state index is 12.2. The van der Waals surface area contributed by atoms with Gasteiger partial charge in [0, 0.05) is 18.0 Å². The number of aliphatic hydroxyl groups is 1. The van der Waals surface area contributed by atoms with Gasteiger partial charge in [0.1, 0.15) is 0 Å². The molecule has 0 saturated carbocycles. The third-order valence-corrected chi connectivity index (χ3v) is 5.27. The molecular formula is C17H18ClNO5S. The van der Waals surface area contributed by atoms with E-state index in [1.807, 2.05) is 0 Å². The van der Waals surface area contributed by atoms with Crippen LogP contribution in [-0.4, -0.2) is 31.1 Å². The highest BCUT2D eigenvalue weighted by molar-refractivity contribution is 7.89. The van der Waals surface area contributed by atoms with E-state index in [9.17, 15) is 18.3 Å². The Morgan fingerprint density at radius 1 is 1.08 bits per heavy atom. The highest BCUT2D eigenvalue weighted by Crippen LogP contribution is 2.17. The van der Waals surface area contributed by atoms with E-state index in [4.69, 9.17) is 16.7 Å². The molecule has 1 atom stereocenters. The van der Waals surface area contributed by atoms with Gasteiger partial charge < -0.3 is 10.2 Å². The Morgan fingerprint density at radius 3 is 2.24 bits per heavy atom. The summed E-state index contributed by atoms with van der Waals surface area (Å²) in [5.41, 5.74) is 1.37. The summed E-state index contributed by atoms with van der Waals surface area (Å²) < 4.78 is 26.7. The summed E-state index contributed by atoms with van der Waals surface area (Å²) in [6, 6.07) is 12.5. The van der Waals surface area contributed by atoms with Crippen molar-refractivity contribution in [3.05, 3.63) is 64.7 Å². The van der Waals surface area contributed by atoms with Crippen LogP contribution < -0.4 is 4.72 Å². The summed E-state index contributed by atoms with van der Waals surface area (Å²) in [6.45, 7) is -0.181. The molecular weight excluding hydrogens is 366 g/mol. The van der Waals surface area contributed by atoms with Crippen molar-refractivity contribution in [2.45, 2.75) is 23.8 Å². The summed E-state index contributed by atoms with van der Waals surface area (Å²) in [5.74, 6) is -0.874. The second-order valence-corrected chi connectivity index (χ2v) is 7.66. The van der Waals surface area contributed by atoms with Gasteiger partial charge in [0.25, 0.3) is 0 Å². The van der Waals surface area contributed by atoms with Crippen LogP contribution in [0.5, 0.6) is 0 Å². The number of rotatable bonds is 8. The van der Waals surface area contributed by atoms with Gasteiger partial charge in [-0.25, -0.2) is 13.1 Å². The van der Waals surface area contributed by atoms with Gasteiger partial charge in [-0.15, -0.1) is 0 Å². The Labute approximate surface area is 151 Å². The van der Waals surface area contributed by atoms with Crippen molar-refractivity contribution in [2.24, 2.45) is 0 Å². The Morgan fingerprint density at radius 2 is 1.68 bits per heavy atom. The molecule has 0 radical (unpaired) electrons. The molecule has 6 nitrogen and oxygen atoms in total. The van der Waals surface area contributed by atoms with Crippen molar-refractivity contribution in [3.63, 3.8) is 0 Å². The van der Waals surface area contributed by atoms with E-state index in [0.29, 0.717) is 17.0 Å².